The summed E-state index contributed by atoms with van der Waals surface area (Å²) < 4.78 is 6.25. The van der Waals surface area contributed by atoms with Gasteiger partial charge < -0.3 is 9.64 Å². The molecule has 0 bridgehead atoms. The van der Waals surface area contributed by atoms with Crippen LogP contribution in [0.4, 0.5) is 5.82 Å². The lowest BCUT2D eigenvalue weighted by Gasteiger charge is -2.22. The minimum Gasteiger partial charge on any atom is -0.497 e. The van der Waals surface area contributed by atoms with Crippen LogP contribution in [-0.2, 0) is 6.54 Å². The molecule has 1 saturated heterocycles. The molecule has 1 fully saturated rings. The molecule has 1 aromatic heterocycles. The maximum Gasteiger partial charge on any atom is 0.128 e. The molecule has 0 unspecified atom stereocenters. The molecule has 0 aliphatic carbocycles. The first-order valence-corrected chi connectivity index (χ1v) is 8.76. The third-order valence-corrected chi connectivity index (χ3v) is 4.66. The van der Waals surface area contributed by atoms with E-state index in [0.717, 1.165) is 55.2 Å². The molecule has 1 aromatic carbocycles. The Morgan fingerprint density at radius 2 is 1.87 bits per heavy atom. The summed E-state index contributed by atoms with van der Waals surface area (Å²) >= 11 is 3.44. The second-order valence-corrected chi connectivity index (χ2v) is 6.72. The first-order valence-electron chi connectivity index (χ1n) is 7.96. The molecule has 0 N–H and O–H groups in total. The topological polar surface area (TPSA) is 28.6 Å². The predicted octanol–water partition coefficient (Wildman–Crippen LogP) is 3.57. The van der Waals surface area contributed by atoms with E-state index in [1.165, 1.54) is 5.56 Å². The Labute approximate surface area is 146 Å². The van der Waals surface area contributed by atoms with Crippen LogP contribution in [-0.4, -0.2) is 43.2 Å². The Hall–Kier alpha value is -1.59. The van der Waals surface area contributed by atoms with Gasteiger partial charge in [0, 0.05) is 43.4 Å². The monoisotopic (exact) mass is 375 g/mol. The molecule has 0 atom stereocenters. The van der Waals surface area contributed by atoms with Gasteiger partial charge in [0.1, 0.15) is 11.6 Å². The van der Waals surface area contributed by atoms with Crippen molar-refractivity contribution in [1.82, 2.24) is 9.88 Å². The van der Waals surface area contributed by atoms with Crippen molar-refractivity contribution in [3.05, 3.63) is 52.6 Å². The number of ether oxygens (including phenoxy) is 1. The second-order valence-electron chi connectivity index (χ2n) is 5.80. The van der Waals surface area contributed by atoms with Crippen molar-refractivity contribution in [3.8, 4) is 5.75 Å². The molecular formula is C18H22BrN3O. The van der Waals surface area contributed by atoms with Crippen molar-refractivity contribution < 1.29 is 4.74 Å². The van der Waals surface area contributed by atoms with Crippen LogP contribution in [0.15, 0.2) is 47.1 Å². The average Bonchev–Trinajstić information content (AvgIpc) is 2.82. The maximum absolute atomic E-state index is 5.22. The molecule has 0 amide bonds. The summed E-state index contributed by atoms with van der Waals surface area (Å²) in [6, 6.07) is 12.5. The number of hydrogen-bond donors (Lipinski definition) is 0. The van der Waals surface area contributed by atoms with Gasteiger partial charge >= 0.3 is 0 Å². The number of pyridine rings is 1. The maximum atomic E-state index is 5.22. The van der Waals surface area contributed by atoms with E-state index in [9.17, 15) is 0 Å². The van der Waals surface area contributed by atoms with E-state index in [4.69, 9.17) is 4.74 Å². The van der Waals surface area contributed by atoms with E-state index in [-0.39, 0.29) is 0 Å². The van der Waals surface area contributed by atoms with Crippen molar-refractivity contribution in [2.24, 2.45) is 0 Å². The first-order chi connectivity index (χ1) is 11.2. The predicted molar refractivity (Wildman–Crippen MR) is 97.0 cm³/mol. The van der Waals surface area contributed by atoms with Crippen LogP contribution >= 0.6 is 15.9 Å². The molecule has 1 aliphatic heterocycles. The van der Waals surface area contributed by atoms with E-state index in [1.54, 1.807) is 7.11 Å². The number of rotatable bonds is 4. The van der Waals surface area contributed by atoms with Crippen LogP contribution < -0.4 is 9.64 Å². The second kappa shape index (κ2) is 7.79. The van der Waals surface area contributed by atoms with Gasteiger partial charge in [-0.05, 0) is 52.2 Å². The highest BCUT2D eigenvalue weighted by molar-refractivity contribution is 9.10. The largest absolute Gasteiger partial charge is 0.497 e. The van der Waals surface area contributed by atoms with Crippen molar-refractivity contribution in [2.75, 3.05) is 38.2 Å². The SMILES string of the molecule is COc1ccc(CN2CCCN(c3ccc(Br)cn3)CC2)cc1. The van der Waals surface area contributed by atoms with E-state index >= 15 is 0 Å². The molecule has 2 heterocycles. The molecule has 0 spiro atoms. The Balaban J connectivity index is 1.58. The smallest absolute Gasteiger partial charge is 0.128 e. The Morgan fingerprint density at radius 3 is 2.57 bits per heavy atom. The van der Waals surface area contributed by atoms with Crippen LogP contribution in [0.2, 0.25) is 0 Å². The number of nitrogens with zero attached hydrogens (tertiary/aromatic N) is 3. The van der Waals surface area contributed by atoms with Crippen molar-refractivity contribution in [2.45, 2.75) is 13.0 Å². The fourth-order valence-corrected chi connectivity index (χ4v) is 3.14. The summed E-state index contributed by atoms with van der Waals surface area (Å²) in [6.45, 7) is 5.26. The highest BCUT2D eigenvalue weighted by atomic mass is 79.9. The number of halogens is 1. The van der Waals surface area contributed by atoms with Crippen molar-refractivity contribution >= 4 is 21.7 Å². The molecule has 0 radical (unpaired) electrons. The normalized spacial score (nSPS) is 16.2. The zero-order chi connectivity index (χ0) is 16.1. The lowest BCUT2D eigenvalue weighted by atomic mass is 10.2. The van der Waals surface area contributed by atoms with Gasteiger partial charge in [0.25, 0.3) is 0 Å². The molecule has 2 aromatic rings. The lowest BCUT2D eigenvalue weighted by Crippen LogP contribution is -2.30. The Morgan fingerprint density at radius 1 is 1.04 bits per heavy atom. The summed E-state index contributed by atoms with van der Waals surface area (Å²) in [5.41, 5.74) is 1.33. The third kappa shape index (κ3) is 4.45. The third-order valence-electron chi connectivity index (χ3n) is 4.19. The zero-order valence-corrected chi connectivity index (χ0v) is 15.0. The van der Waals surface area contributed by atoms with Gasteiger partial charge in [0.15, 0.2) is 0 Å². The van der Waals surface area contributed by atoms with Crippen molar-refractivity contribution in [3.63, 3.8) is 0 Å². The standard InChI is InChI=1S/C18H22BrN3O/c1-23-17-6-3-15(4-7-17)14-21-9-2-10-22(12-11-21)18-8-5-16(19)13-20-18/h3-8,13H,2,9-12,14H2,1H3. The summed E-state index contributed by atoms with van der Waals surface area (Å²) in [7, 11) is 1.70. The van der Waals surface area contributed by atoms with E-state index in [2.05, 4.69) is 55.0 Å². The number of methoxy groups -OCH3 is 1. The molecular weight excluding hydrogens is 354 g/mol. The summed E-state index contributed by atoms with van der Waals surface area (Å²) in [5.74, 6) is 1.98. The number of aromatic nitrogens is 1. The molecule has 122 valence electrons. The zero-order valence-electron chi connectivity index (χ0n) is 13.4. The van der Waals surface area contributed by atoms with E-state index in [1.807, 2.05) is 18.3 Å². The lowest BCUT2D eigenvalue weighted by molar-refractivity contribution is 0.285. The minimum atomic E-state index is 0.914. The minimum absolute atomic E-state index is 0.914. The summed E-state index contributed by atoms with van der Waals surface area (Å²) in [4.78, 5) is 9.41. The highest BCUT2D eigenvalue weighted by Crippen LogP contribution is 2.18. The van der Waals surface area contributed by atoms with Crippen LogP contribution in [0, 0.1) is 0 Å². The van der Waals surface area contributed by atoms with Gasteiger partial charge in [-0.1, -0.05) is 12.1 Å². The number of anilines is 1. The molecule has 3 rings (SSSR count). The molecule has 5 heteroatoms. The quantitative estimate of drug-likeness (QED) is 0.816. The summed E-state index contributed by atoms with van der Waals surface area (Å²) in [5, 5.41) is 0. The van der Waals surface area contributed by atoms with Crippen LogP contribution in [0.1, 0.15) is 12.0 Å². The van der Waals surface area contributed by atoms with Gasteiger partial charge in [0.2, 0.25) is 0 Å². The fourth-order valence-electron chi connectivity index (χ4n) is 2.90. The molecule has 0 saturated carbocycles. The fraction of sp³-hybridized carbons (Fsp3) is 0.389. The van der Waals surface area contributed by atoms with Gasteiger partial charge in [-0.2, -0.15) is 0 Å². The van der Waals surface area contributed by atoms with Gasteiger partial charge in [-0.15, -0.1) is 0 Å². The average molecular weight is 376 g/mol. The van der Waals surface area contributed by atoms with Crippen LogP contribution in [0.5, 0.6) is 5.75 Å². The molecule has 23 heavy (non-hydrogen) atoms. The summed E-state index contributed by atoms with van der Waals surface area (Å²) in [6.07, 6.45) is 3.03. The van der Waals surface area contributed by atoms with Crippen LogP contribution in [0.3, 0.4) is 0 Å². The van der Waals surface area contributed by atoms with Gasteiger partial charge in [-0.25, -0.2) is 4.98 Å². The Kier molecular flexibility index (Phi) is 5.51. The number of hydrogen-bond acceptors (Lipinski definition) is 4. The van der Waals surface area contributed by atoms with Crippen molar-refractivity contribution in [1.29, 1.82) is 0 Å². The van der Waals surface area contributed by atoms with Crippen LogP contribution in [0.25, 0.3) is 0 Å². The van der Waals surface area contributed by atoms with Gasteiger partial charge in [0.05, 0.1) is 7.11 Å². The van der Waals surface area contributed by atoms with E-state index < -0.39 is 0 Å². The molecule has 1 aliphatic rings. The van der Waals surface area contributed by atoms with Gasteiger partial charge in [-0.3, -0.25) is 4.90 Å². The molecule has 4 nitrogen and oxygen atoms in total. The van der Waals surface area contributed by atoms with E-state index in [0.29, 0.717) is 0 Å². The Bertz CT molecular complexity index is 615. The first kappa shape index (κ1) is 16.3. The highest BCUT2D eigenvalue weighted by Gasteiger charge is 2.16. The number of benzene rings is 1.